The molecular weight excluding hydrogens is 310 g/mol. The number of rotatable bonds is 4. The molecule has 1 aliphatic rings. The molecular formula is C16H19N5OS. The zero-order valence-electron chi connectivity index (χ0n) is 12.8. The summed E-state index contributed by atoms with van der Waals surface area (Å²) >= 11 is 3.86. The van der Waals surface area contributed by atoms with Gasteiger partial charge in [-0.3, -0.25) is 4.79 Å². The zero-order valence-corrected chi connectivity index (χ0v) is 13.7. The summed E-state index contributed by atoms with van der Waals surface area (Å²) in [6.45, 7) is 0. The van der Waals surface area contributed by atoms with Crippen LogP contribution in [0.4, 0.5) is 0 Å². The summed E-state index contributed by atoms with van der Waals surface area (Å²) in [5, 5.41) is 9.76. The van der Waals surface area contributed by atoms with E-state index < -0.39 is 0 Å². The van der Waals surface area contributed by atoms with Gasteiger partial charge in [-0.05, 0) is 44.1 Å². The van der Waals surface area contributed by atoms with E-state index in [0.29, 0.717) is 18.3 Å². The Morgan fingerprint density at radius 3 is 2.96 bits per heavy atom. The maximum absolute atomic E-state index is 11.0. The molecule has 6 nitrogen and oxygen atoms in total. The van der Waals surface area contributed by atoms with Gasteiger partial charge in [0, 0.05) is 23.9 Å². The van der Waals surface area contributed by atoms with Crippen molar-refractivity contribution in [1.29, 1.82) is 0 Å². The van der Waals surface area contributed by atoms with Gasteiger partial charge in [-0.25, -0.2) is 9.50 Å². The summed E-state index contributed by atoms with van der Waals surface area (Å²) in [6, 6.07) is 2.04. The number of thiol groups is 1. The number of H-pyrrole nitrogens is 1. The molecule has 0 spiro atoms. The Bertz CT molecular complexity index is 847. The van der Waals surface area contributed by atoms with Crippen LogP contribution in [-0.2, 0) is 4.79 Å². The van der Waals surface area contributed by atoms with E-state index in [-0.39, 0.29) is 5.12 Å². The minimum atomic E-state index is -0.00114. The number of aromatic amines is 1. The van der Waals surface area contributed by atoms with E-state index >= 15 is 0 Å². The van der Waals surface area contributed by atoms with Crippen molar-refractivity contribution in [1.82, 2.24) is 24.8 Å². The number of aromatic nitrogens is 5. The molecule has 0 atom stereocenters. The first-order chi connectivity index (χ1) is 11.2. The predicted octanol–water partition coefficient (Wildman–Crippen LogP) is 3.12. The number of fused-ring (bicyclic) bond motifs is 3. The Morgan fingerprint density at radius 1 is 1.35 bits per heavy atom. The van der Waals surface area contributed by atoms with Gasteiger partial charge in [-0.15, -0.1) is 17.7 Å². The van der Waals surface area contributed by atoms with Crippen molar-refractivity contribution in [2.24, 2.45) is 5.92 Å². The summed E-state index contributed by atoms with van der Waals surface area (Å²) < 4.78 is 1.77. The molecule has 0 radical (unpaired) electrons. The summed E-state index contributed by atoms with van der Waals surface area (Å²) in [7, 11) is 0. The summed E-state index contributed by atoms with van der Waals surface area (Å²) in [5.74, 6) is 1.08. The molecule has 0 saturated heterocycles. The minimum Gasteiger partial charge on any atom is -0.346 e. The number of carbonyl (C=O) groups excluding carboxylic acids is 1. The van der Waals surface area contributed by atoms with Gasteiger partial charge in [0.1, 0.15) is 17.5 Å². The molecule has 1 N–H and O–H groups in total. The van der Waals surface area contributed by atoms with Crippen LogP contribution in [0.2, 0.25) is 0 Å². The summed E-state index contributed by atoms with van der Waals surface area (Å²) in [6.07, 6.45) is 9.67. The van der Waals surface area contributed by atoms with Crippen LogP contribution in [0.5, 0.6) is 0 Å². The highest BCUT2D eigenvalue weighted by molar-refractivity contribution is 7.96. The molecule has 1 fully saturated rings. The molecule has 0 amide bonds. The Morgan fingerprint density at radius 2 is 2.17 bits per heavy atom. The van der Waals surface area contributed by atoms with Gasteiger partial charge in [0.15, 0.2) is 5.12 Å². The van der Waals surface area contributed by atoms with E-state index in [1.807, 2.05) is 12.3 Å². The molecule has 7 heteroatoms. The molecule has 0 unspecified atom stereocenters. The van der Waals surface area contributed by atoms with Gasteiger partial charge in [0.2, 0.25) is 0 Å². The lowest BCUT2D eigenvalue weighted by Crippen LogP contribution is -2.14. The largest absolute Gasteiger partial charge is 0.346 e. The second-order valence-corrected chi connectivity index (χ2v) is 6.90. The van der Waals surface area contributed by atoms with Crippen LogP contribution in [0.25, 0.3) is 16.6 Å². The number of nitrogens with zero attached hydrogens (tertiary/aromatic N) is 4. The molecule has 3 aromatic rings. The maximum atomic E-state index is 11.0. The van der Waals surface area contributed by atoms with Crippen LogP contribution in [0.15, 0.2) is 18.6 Å². The van der Waals surface area contributed by atoms with Gasteiger partial charge in [-0.1, -0.05) is 5.21 Å². The first-order valence-electron chi connectivity index (χ1n) is 8.11. The van der Waals surface area contributed by atoms with Crippen molar-refractivity contribution >= 4 is 34.3 Å². The quantitative estimate of drug-likeness (QED) is 0.721. The first-order valence-corrected chi connectivity index (χ1v) is 8.56. The number of carbonyl (C=O) groups is 1. The average Bonchev–Trinajstić information content (AvgIpc) is 3.19. The van der Waals surface area contributed by atoms with Gasteiger partial charge < -0.3 is 4.98 Å². The highest BCUT2D eigenvalue weighted by Crippen LogP contribution is 2.39. The molecule has 0 bridgehead atoms. The normalized spacial score (nSPS) is 22.0. The van der Waals surface area contributed by atoms with Gasteiger partial charge in [0.05, 0.1) is 5.69 Å². The second-order valence-electron chi connectivity index (χ2n) is 6.40. The van der Waals surface area contributed by atoms with Crippen LogP contribution in [0.3, 0.4) is 0 Å². The van der Waals surface area contributed by atoms with Crippen molar-refractivity contribution in [3.8, 4) is 0 Å². The molecule has 3 heterocycles. The van der Waals surface area contributed by atoms with Crippen LogP contribution in [0.1, 0.15) is 50.1 Å². The summed E-state index contributed by atoms with van der Waals surface area (Å²) in [5.41, 5.74) is 3.04. The van der Waals surface area contributed by atoms with E-state index in [1.165, 1.54) is 0 Å². The third-order valence-corrected chi connectivity index (χ3v) is 5.22. The third-order valence-electron chi connectivity index (χ3n) is 5.00. The highest BCUT2D eigenvalue weighted by atomic mass is 32.1. The van der Waals surface area contributed by atoms with Gasteiger partial charge in [0.25, 0.3) is 0 Å². The molecule has 120 valence electrons. The van der Waals surface area contributed by atoms with Crippen LogP contribution < -0.4 is 0 Å². The lowest BCUT2D eigenvalue weighted by atomic mass is 9.78. The van der Waals surface area contributed by atoms with Crippen LogP contribution in [0, 0.1) is 5.92 Å². The van der Waals surface area contributed by atoms with Crippen molar-refractivity contribution in [2.75, 3.05) is 0 Å². The van der Waals surface area contributed by atoms with Crippen molar-refractivity contribution < 1.29 is 4.79 Å². The highest BCUT2D eigenvalue weighted by Gasteiger charge is 2.26. The molecule has 3 aromatic heterocycles. The minimum absolute atomic E-state index is 0.00114. The molecule has 0 aliphatic heterocycles. The predicted molar refractivity (Wildman–Crippen MR) is 90.6 cm³/mol. The smallest absolute Gasteiger partial charge is 0.185 e. The lowest BCUT2D eigenvalue weighted by molar-refractivity contribution is -0.111. The lowest BCUT2D eigenvalue weighted by Gasteiger charge is -2.27. The number of hydrogen-bond acceptors (Lipinski definition) is 4. The Hall–Kier alpha value is -1.89. The van der Waals surface area contributed by atoms with Crippen LogP contribution >= 0.6 is 12.6 Å². The topological polar surface area (TPSA) is 75.9 Å². The fourth-order valence-electron chi connectivity index (χ4n) is 3.75. The van der Waals surface area contributed by atoms with Crippen LogP contribution in [-0.4, -0.2) is 29.9 Å². The Labute approximate surface area is 139 Å². The van der Waals surface area contributed by atoms with E-state index in [1.54, 1.807) is 10.8 Å². The molecule has 4 rings (SSSR count). The van der Waals surface area contributed by atoms with Crippen molar-refractivity contribution in [3.63, 3.8) is 0 Å². The van der Waals surface area contributed by atoms with E-state index in [4.69, 9.17) is 0 Å². The fourth-order valence-corrected chi connectivity index (χ4v) is 3.88. The van der Waals surface area contributed by atoms with Crippen molar-refractivity contribution in [2.45, 2.75) is 44.4 Å². The molecule has 1 saturated carbocycles. The monoisotopic (exact) mass is 329 g/mol. The second kappa shape index (κ2) is 5.96. The SMILES string of the molecule is O=C(S)CCC1CCC(c2nnn3cnc4[nH]ccc4c23)CC1. The average molecular weight is 329 g/mol. The Kier molecular flexibility index (Phi) is 3.80. The Balaban J connectivity index is 1.56. The zero-order chi connectivity index (χ0) is 15.8. The fraction of sp³-hybridized carbons (Fsp3) is 0.500. The third kappa shape index (κ3) is 2.73. The van der Waals surface area contributed by atoms with Gasteiger partial charge >= 0.3 is 0 Å². The number of hydrogen-bond donors (Lipinski definition) is 2. The standard InChI is InChI=1S/C16H19N5OS/c22-13(23)6-3-10-1-4-11(5-2-10)14-15-12-7-8-17-16(12)18-9-21(15)20-19-14/h7-11,17H,1-6H2,(H,22,23). The van der Waals surface area contributed by atoms with E-state index in [0.717, 1.165) is 54.3 Å². The molecule has 23 heavy (non-hydrogen) atoms. The van der Waals surface area contributed by atoms with E-state index in [2.05, 4.69) is 32.9 Å². The van der Waals surface area contributed by atoms with Gasteiger partial charge in [-0.2, -0.15) is 0 Å². The molecule has 1 aliphatic carbocycles. The van der Waals surface area contributed by atoms with E-state index in [9.17, 15) is 4.79 Å². The number of nitrogens with one attached hydrogen (secondary N) is 1. The molecule has 0 aromatic carbocycles. The van der Waals surface area contributed by atoms with Crippen molar-refractivity contribution in [3.05, 3.63) is 24.3 Å². The maximum Gasteiger partial charge on any atom is 0.185 e. The first kappa shape index (κ1) is 14.7. The summed E-state index contributed by atoms with van der Waals surface area (Å²) in [4.78, 5) is 18.5.